The topological polar surface area (TPSA) is 46.9 Å². The van der Waals surface area contributed by atoms with Gasteiger partial charge in [-0.25, -0.2) is 4.68 Å². The average molecular weight is 304 g/mol. The molecular formula is C13H22ClN3OS. The second-order valence-corrected chi connectivity index (χ2v) is 5.98. The molecule has 108 valence electrons. The molecule has 0 amide bonds. The maximum absolute atomic E-state index is 12.0. The number of rotatable bonds is 8. The van der Waals surface area contributed by atoms with Gasteiger partial charge in [-0.15, -0.1) is 0 Å². The van der Waals surface area contributed by atoms with Gasteiger partial charge in [-0.05, 0) is 24.3 Å². The third-order valence-corrected chi connectivity index (χ3v) is 4.07. The lowest BCUT2D eigenvalue weighted by Gasteiger charge is -2.13. The van der Waals surface area contributed by atoms with Crippen LogP contribution in [0.3, 0.4) is 0 Å². The van der Waals surface area contributed by atoms with Crippen LogP contribution in [-0.2, 0) is 6.54 Å². The molecule has 0 saturated heterocycles. The SMILES string of the molecule is CCCCn1ncc(NCC(C)CSC)c(Cl)c1=O. The number of nitrogens with zero attached hydrogens (tertiary/aromatic N) is 2. The number of thioether (sulfide) groups is 1. The fourth-order valence-corrected chi connectivity index (χ4v) is 2.58. The van der Waals surface area contributed by atoms with Crippen LogP contribution >= 0.6 is 23.4 Å². The molecule has 19 heavy (non-hydrogen) atoms. The summed E-state index contributed by atoms with van der Waals surface area (Å²) in [4.78, 5) is 12.0. The van der Waals surface area contributed by atoms with E-state index in [0.717, 1.165) is 25.1 Å². The van der Waals surface area contributed by atoms with Gasteiger partial charge in [0, 0.05) is 13.1 Å². The van der Waals surface area contributed by atoms with Gasteiger partial charge in [0.2, 0.25) is 0 Å². The van der Waals surface area contributed by atoms with Gasteiger partial charge < -0.3 is 5.32 Å². The highest BCUT2D eigenvalue weighted by atomic mass is 35.5. The normalized spacial score (nSPS) is 12.4. The van der Waals surface area contributed by atoms with Crippen LogP contribution in [0.5, 0.6) is 0 Å². The van der Waals surface area contributed by atoms with Gasteiger partial charge in [0.15, 0.2) is 0 Å². The van der Waals surface area contributed by atoms with E-state index in [1.54, 1.807) is 6.20 Å². The van der Waals surface area contributed by atoms with E-state index in [4.69, 9.17) is 11.6 Å². The molecule has 0 saturated carbocycles. The molecule has 1 aromatic rings. The van der Waals surface area contributed by atoms with Crippen molar-refractivity contribution in [3.05, 3.63) is 21.6 Å². The third-order valence-electron chi connectivity index (χ3n) is 2.80. The summed E-state index contributed by atoms with van der Waals surface area (Å²) in [6.07, 6.45) is 5.68. The van der Waals surface area contributed by atoms with Crippen LogP contribution < -0.4 is 10.9 Å². The number of hydrogen-bond donors (Lipinski definition) is 1. The molecule has 6 heteroatoms. The minimum Gasteiger partial charge on any atom is -0.382 e. The van der Waals surface area contributed by atoms with E-state index in [9.17, 15) is 4.79 Å². The summed E-state index contributed by atoms with van der Waals surface area (Å²) in [5.41, 5.74) is 0.421. The van der Waals surface area contributed by atoms with Gasteiger partial charge in [0.05, 0.1) is 11.9 Å². The Morgan fingerprint density at radius 2 is 2.32 bits per heavy atom. The summed E-state index contributed by atoms with van der Waals surface area (Å²) in [5, 5.41) is 7.59. The van der Waals surface area contributed by atoms with Gasteiger partial charge in [0.1, 0.15) is 5.02 Å². The van der Waals surface area contributed by atoms with Crippen molar-refractivity contribution in [1.82, 2.24) is 9.78 Å². The van der Waals surface area contributed by atoms with Gasteiger partial charge in [-0.2, -0.15) is 16.9 Å². The van der Waals surface area contributed by atoms with E-state index < -0.39 is 0 Å². The number of halogens is 1. The Morgan fingerprint density at radius 3 is 2.95 bits per heavy atom. The van der Waals surface area contributed by atoms with Crippen molar-refractivity contribution in [1.29, 1.82) is 0 Å². The molecule has 0 bridgehead atoms. The molecule has 0 aliphatic heterocycles. The molecule has 0 aromatic carbocycles. The van der Waals surface area contributed by atoms with Crippen molar-refractivity contribution in [3.63, 3.8) is 0 Å². The van der Waals surface area contributed by atoms with Crippen LogP contribution in [0, 0.1) is 5.92 Å². The van der Waals surface area contributed by atoms with Crippen LogP contribution in [0.25, 0.3) is 0 Å². The monoisotopic (exact) mass is 303 g/mol. The highest BCUT2D eigenvalue weighted by Crippen LogP contribution is 2.16. The molecule has 1 unspecified atom stereocenters. The molecule has 1 N–H and O–H groups in total. The third kappa shape index (κ3) is 5.07. The van der Waals surface area contributed by atoms with E-state index in [-0.39, 0.29) is 10.6 Å². The Kier molecular flexibility index (Phi) is 7.31. The first-order valence-corrected chi connectivity index (χ1v) is 8.35. The number of anilines is 1. The smallest absolute Gasteiger partial charge is 0.287 e. The quantitative estimate of drug-likeness (QED) is 0.801. The van der Waals surface area contributed by atoms with Crippen molar-refractivity contribution >= 4 is 29.1 Å². The number of nitrogens with one attached hydrogen (secondary N) is 1. The summed E-state index contributed by atoms with van der Waals surface area (Å²) in [6.45, 7) is 5.65. The molecule has 4 nitrogen and oxygen atoms in total. The van der Waals surface area contributed by atoms with E-state index in [1.807, 2.05) is 11.8 Å². The predicted octanol–water partition coefficient (Wildman–Crippen LogP) is 3.11. The van der Waals surface area contributed by atoms with Gasteiger partial charge in [-0.1, -0.05) is 31.9 Å². The van der Waals surface area contributed by atoms with E-state index >= 15 is 0 Å². The summed E-state index contributed by atoms with van der Waals surface area (Å²) >= 11 is 7.91. The molecule has 1 atom stereocenters. The van der Waals surface area contributed by atoms with Crippen LogP contribution in [-0.4, -0.2) is 28.3 Å². The van der Waals surface area contributed by atoms with E-state index in [2.05, 4.69) is 30.5 Å². The van der Waals surface area contributed by atoms with Crippen LogP contribution in [0.2, 0.25) is 5.02 Å². The van der Waals surface area contributed by atoms with Gasteiger partial charge in [0.25, 0.3) is 5.56 Å². The molecule has 1 rings (SSSR count). The van der Waals surface area contributed by atoms with Crippen molar-refractivity contribution in [2.75, 3.05) is 23.9 Å². The Labute approximate surface area is 123 Å². The molecule has 1 heterocycles. The number of aryl methyl sites for hydroxylation is 1. The molecule has 0 fully saturated rings. The number of hydrogen-bond acceptors (Lipinski definition) is 4. The largest absolute Gasteiger partial charge is 0.382 e. The van der Waals surface area contributed by atoms with E-state index in [1.165, 1.54) is 4.68 Å². The fraction of sp³-hybridized carbons (Fsp3) is 0.692. The summed E-state index contributed by atoms with van der Waals surface area (Å²) in [6, 6.07) is 0. The minimum absolute atomic E-state index is 0.211. The zero-order chi connectivity index (χ0) is 14.3. The second-order valence-electron chi connectivity index (χ2n) is 4.70. The number of unbranched alkanes of at least 4 members (excludes halogenated alkanes) is 1. The van der Waals surface area contributed by atoms with Crippen molar-refractivity contribution < 1.29 is 0 Å². The van der Waals surface area contributed by atoms with Gasteiger partial charge in [-0.3, -0.25) is 4.79 Å². The minimum atomic E-state index is -0.211. The Balaban J connectivity index is 2.71. The fourth-order valence-electron chi connectivity index (χ4n) is 1.68. The lowest BCUT2D eigenvalue weighted by atomic mass is 10.2. The first-order valence-electron chi connectivity index (χ1n) is 6.58. The Bertz CT molecular complexity index is 450. The lowest BCUT2D eigenvalue weighted by Crippen LogP contribution is -2.25. The summed E-state index contributed by atoms with van der Waals surface area (Å²) < 4.78 is 1.43. The first kappa shape index (κ1) is 16.4. The van der Waals surface area contributed by atoms with Crippen LogP contribution in [0.4, 0.5) is 5.69 Å². The molecule has 0 aliphatic carbocycles. The second kappa shape index (κ2) is 8.48. The average Bonchev–Trinajstić information content (AvgIpc) is 2.40. The van der Waals surface area contributed by atoms with Crippen LogP contribution in [0.1, 0.15) is 26.7 Å². The number of aromatic nitrogens is 2. The van der Waals surface area contributed by atoms with Crippen molar-refractivity contribution in [3.8, 4) is 0 Å². The van der Waals surface area contributed by atoms with Crippen molar-refractivity contribution in [2.24, 2.45) is 5.92 Å². The molecule has 0 radical (unpaired) electrons. The molecule has 0 spiro atoms. The Morgan fingerprint density at radius 1 is 1.58 bits per heavy atom. The molecule has 0 aliphatic rings. The molecule has 1 aromatic heterocycles. The maximum atomic E-state index is 12.0. The highest BCUT2D eigenvalue weighted by Gasteiger charge is 2.09. The maximum Gasteiger partial charge on any atom is 0.287 e. The Hall–Kier alpha value is -0.680. The zero-order valence-corrected chi connectivity index (χ0v) is 13.4. The standard InChI is InChI=1S/C13H22ClN3OS/c1-4-5-6-17-13(18)12(14)11(8-16-17)15-7-10(2)9-19-3/h8,10,15H,4-7,9H2,1-3H3. The summed E-state index contributed by atoms with van der Waals surface area (Å²) in [5.74, 6) is 1.60. The highest BCUT2D eigenvalue weighted by molar-refractivity contribution is 7.98. The van der Waals surface area contributed by atoms with Crippen molar-refractivity contribution in [2.45, 2.75) is 33.2 Å². The summed E-state index contributed by atoms with van der Waals surface area (Å²) in [7, 11) is 0. The van der Waals surface area contributed by atoms with Crippen LogP contribution in [0.15, 0.2) is 11.0 Å². The first-order chi connectivity index (χ1) is 9.10. The predicted molar refractivity (Wildman–Crippen MR) is 84.5 cm³/mol. The molecular weight excluding hydrogens is 282 g/mol. The van der Waals surface area contributed by atoms with E-state index in [0.29, 0.717) is 18.2 Å². The lowest BCUT2D eigenvalue weighted by molar-refractivity contribution is 0.543. The zero-order valence-electron chi connectivity index (χ0n) is 11.8. The van der Waals surface area contributed by atoms with Gasteiger partial charge >= 0.3 is 0 Å².